The summed E-state index contributed by atoms with van der Waals surface area (Å²) in [5, 5.41) is 8.98. The molecule has 0 saturated carbocycles. The highest BCUT2D eigenvalue weighted by molar-refractivity contribution is 5.87. The largest absolute Gasteiger partial charge is 0.478 e. The maximum Gasteiger partial charge on any atom is 0.335 e. The molecule has 0 saturated heterocycles. The minimum atomic E-state index is -0.864. The number of nitrogens with zero attached hydrogens (tertiary/aromatic N) is 1. The number of carboxylic acids is 1. The van der Waals surface area contributed by atoms with Gasteiger partial charge in [0, 0.05) is 19.1 Å². The molecule has 1 aromatic carbocycles. The highest BCUT2D eigenvalue weighted by Gasteiger charge is 2.12. The van der Waals surface area contributed by atoms with Gasteiger partial charge in [-0.25, -0.2) is 4.79 Å². The van der Waals surface area contributed by atoms with Crippen molar-refractivity contribution < 1.29 is 9.90 Å². The molecule has 0 aliphatic rings. The Balaban J connectivity index is 2.80. The van der Waals surface area contributed by atoms with Gasteiger partial charge >= 0.3 is 5.97 Å². The first kappa shape index (κ1) is 14.7. The summed E-state index contributed by atoms with van der Waals surface area (Å²) in [6.07, 6.45) is 0. The van der Waals surface area contributed by atoms with Gasteiger partial charge in [0.2, 0.25) is 0 Å². The molecule has 0 radical (unpaired) electrons. The maximum absolute atomic E-state index is 10.9. The Hall–Kier alpha value is -1.35. The maximum atomic E-state index is 10.9. The van der Waals surface area contributed by atoms with Crippen LogP contribution in [0, 0.1) is 5.92 Å². The van der Waals surface area contributed by atoms with Gasteiger partial charge in [-0.3, -0.25) is 4.90 Å². The van der Waals surface area contributed by atoms with Gasteiger partial charge in [0.25, 0.3) is 0 Å². The standard InChI is InChI=1S/C15H23NO2/c1-11(2)9-16(12(3)4)10-13-6-5-7-14(8-13)15(17)18/h5-8,11-12H,9-10H2,1-4H3,(H,17,18). The summed E-state index contributed by atoms with van der Waals surface area (Å²) in [5.41, 5.74) is 1.42. The minimum absolute atomic E-state index is 0.362. The zero-order valence-electron chi connectivity index (χ0n) is 11.7. The number of rotatable bonds is 6. The summed E-state index contributed by atoms with van der Waals surface area (Å²) in [4.78, 5) is 13.3. The molecule has 3 heteroatoms. The summed E-state index contributed by atoms with van der Waals surface area (Å²) in [6.45, 7) is 10.6. The molecule has 0 bridgehead atoms. The predicted molar refractivity (Wildman–Crippen MR) is 73.8 cm³/mol. The van der Waals surface area contributed by atoms with E-state index >= 15 is 0 Å². The third-order valence-electron chi connectivity index (χ3n) is 2.89. The lowest BCUT2D eigenvalue weighted by Crippen LogP contribution is -2.33. The topological polar surface area (TPSA) is 40.5 Å². The van der Waals surface area contributed by atoms with E-state index in [1.165, 1.54) is 0 Å². The van der Waals surface area contributed by atoms with E-state index in [1.54, 1.807) is 12.1 Å². The van der Waals surface area contributed by atoms with Gasteiger partial charge in [0.1, 0.15) is 0 Å². The van der Waals surface area contributed by atoms with Crippen LogP contribution in [0.15, 0.2) is 24.3 Å². The number of aromatic carboxylic acids is 1. The molecule has 18 heavy (non-hydrogen) atoms. The van der Waals surface area contributed by atoms with E-state index in [0.29, 0.717) is 17.5 Å². The zero-order valence-corrected chi connectivity index (χ0v) is 11.7. The van der Waals surface area contributed by atoms with Gasteiger partial charge in [-0.15, -0.1) is 0 Å². The van der Waals surface area contributed by atoms with Crippen molar-refractivity contribution in [3.8, 4) is 0 Å². The lowest BCUT2D eigenvalue weighted by Gasteiger charge is -2.28. The van der Waals surface area contributed by atoms with Gasteiger partial charge in [-0.1, -0.05) is 26.0 Å². The normalized spacial score (nSPS) is 11.5. The fraction of sp³-hybridized carbons (Fsp3) is 0.533. The van der Waals surface area contributed by atoms with Crippen LogP contribution in [-0.2, 0) is 6.54 Å². The van der Waals surface area contributed by atoms with E-state index in [1.807, 2.05) is 12.1 Å². The minimum Gasteiger partial charge on any atom is -0.478 e. The van der Waals surface area contributed by atoms with Crippen LogP contribution in [0.3, 0.4) is 0 Å². The number of carboxylic acid groups (broad SMARTS) is 1. The SMILES string of the molecule is CC(C)CN(Cc1cccc(C(=O)O)c1)C(C)C. The first-order chi connectivity index (χ1) is 8.40. The van der Waals surface area contributed by atoms with E-state index in [-0.39, 0.29) is 0 Å². The van der Waals surface area contributed by atoms with Crippen LogP contribution in [0.5, 0.6) is 0 Å². The van der Waals surface area contributed by atoms with Crippen molar-refractivity contribution in [3.63, 3.8) is 0 Å². The van der Waals surface area contributed by atoms with Crippen molar-refractivity contribution >= 4 is 5.97 Å². The van der Waals surface area contributed by atoms with E-state index in [2.05, 4.69) is 32.6 Å². The summed E-state index contributed by atoms with van der Waals surface area (Å²) in [6, 6.07) is 7.65. The van der Waals surface area contributed by atoms with E-state index in [0.717, 1.165) is 18.7 Å². The Morgan fingerprint density at radius 3 is 2.44 bits per heavy atom. The first-order valence-electron chi connectivity index (χ1n) is 6.46. The molecular weight excluding hydrogens is 226 g/mol. The highest BCUT2D eigenvalue weighted by atomic mass is 16.4. The lowest BCUT2D eigenvalue weighted by molar-refractivity contribution is 0.0696. The third-order valence-corrected chi connectivity index (χ3v) is 2.89. The Bertz CT molecular complexity index is 399. The molecule has 0 aliphatic heterocycles. The number of hydrogen-bond acceptors (Lipinski definition) is 2. The molecule has 0 aliphatic carbocycles. The molecule has 1 rings (SSSR count). The fourth-order valence-corrected chi connectivity index (χ4v) is 1.96. The molecule has 0 atom stereocenters. The zero-order chi connectivity index (χ0) is 13.7. The van der Waals surface area contributed by atoms with Crippen molar-refractivity contribution in [2.24, 2.45) is 5.92 Å². The van der Waals surface area contributed by atoms with Crippen molar-refractivity contribution in [3.05, 3.63) is 35.4 Å². The molecule has 0 unspecified atom stereocenters. The monoisotopic (exact) mass is 249 g/mol. The van der Waals surface area contributed by atoms with Crippen LogP contribution in [0.25, 0.3) is 0 Å². The van der Waals surface area contributed by atoms with Gasteiger partial charge in [0.05, 0.1) is 5.56 Å². The highest BCUT2D eigenvalue weighted by Crippen LogP contribution is 2.12. The Labute approximate surface area is 109 Å². The molecule has 1 aromatic rings. The molecule has 0 heterocycles. The van der Waals surface area contributed by atoms with Crippen LogP contribution in [0.2, 0.25) is 0 Å². The summed E-state index contributed by atoms with van der Waals surface area (Å²) in [7, 11) is 0. The molecule has 0 amide bonds. The molecule has 100 valence electrons. The van der Waals surface area contributed by atoms with Crippen LogP contribution >= 0.6 is 0 Å². The number of benzene rings is 1. The second kappa shape index (κ2) is 6.55. The van der Waals surface area contributed by atoms with Gasteiger partial charge < -0.3 is 5.11 Å². The summed E-state index contributed by atoms with van der Waals surface area (Å²) < 4.78 is 0. The molecule has 0 aromatic heterocycles. The van der Waals surface area contributed by atoms with E-state index in [4.69, 9.17) is 5.11 Å². The molecule has 3 nitrogen and oxygen atoms in total. The lowest BCUT2D eigenvalue weighted by atomic mass is 10.1. The summed E-state index contributed by atoms with van der Waals surface area (Å²) in [5.74, 6) is -0.258. The van der Waals surface area contributed by atoms with Crippen LogP contribution in [0.4, 0.5) is 0 Å². The third kappa shape index (κ3) is 4.49. The summed E-state index contributed by atoms with van der Waals surface area (Å²) >= 11 is 0. The molecule has 0 fully saturated rings. The quantitative estimate of drug-likeness (QED) is 0.841. The molecular formula is C15H23NO2. The van der Waals surface area contributed by atoms with Gasteiger partial charge in [-0.05, 0) is 37.5 Å². The molecule has 1 N–H and O–H groups in total. The van der Waals surface area contributed by atoms with E-state index in [9.17, 15) is 4.79 Å². The average molecular weight is 249 g/mol. The van der Waals surface area contributed by atoms with Crippen LogP contribution < -0.4 is 0 Å². The fourth-order valence-electron chi connectivity index (χ4n) is 1.96. The average Bonchev–Trinajstić information content (AvgIpc) is 2.27. The Morgan fingerprint density at radius 2 is 1.94 bits per heavy atom. The van der Waals surface area contributed by atoms with Crippen molar-refractivity contribution in [1.82, 2.24) is 4.90 Å². The van der Waals surface area contributed by atoms with Crippen LogP contribution in [-0.4, -0.2) is 28.6 Å². The smallest absolute Gasteiger partial charge is 0.335 e. The second-order valence-corrected chi connectivity index (χ2v) is 5.42. The Kier molecular flexibility index (Phi) is 5.35. The van der Waals surface area contributed by atoms with Crippen molar-refractivity contribution in [2.75, 3.05) is 6.54 Å². The second-order valence-electron chi connectivity index (χ2n) is 5.42. The van der Waals surface area contributed by atoms with Gasteiger partial charge in [0.15, 0.2) is 0 Å². The van der Waals surface area contributed by atoms with Gasteiger partial charge in [-0.2, -0.15) is 0 Å². The van der Waals surface area contributed by atoms with Crippen molar-refractivity contribution in [2.45, 2.75) is 40.3 Å². The van der Waals surface area contributed by atoms with Crippen LogP contribution in [0.1, 0.15) is 43.6 Å². The Morgan fingerprint density at radius 1 is 1.28 bits per heavy atom. The number of hydrogen-bond donors (Lipinski definition) is 1. The number of carbonyl (C=O) groups is 1. The predicted octanol–water partition coefficient (Wildman–Crippen LogP) is 3.25. The van der Waals surface area contributed by atoms with E-state index < -0.39 is 5.97 Å². The van der Waals surface area contributed by atoms with Crippen molar-refractivity contribution in [1.29, 1.82) is 0 Å². The first-order valence-corrected chi connectivity index (χ1v) is 6.46. The molecule has 0 spiro atoms.